The molecule has 0 amide bonds. The lowest BCUT2D eigenvalue weighted by Gasteiger charge is -2.19. The van der Waals surface area contributed by atoms with Crippen molar-refractivity contribution in [2.75, 3.05) is 13.7 Å². The summed E-state index contributed by atoms with van der Waals surface area (Å²) in [5.74, 6) is 0.975. The van der Waals surface area contributed by atoms with E-state index in [1.54, 1.807) is 18.4 Å². The molecular weight excluding hydrogens is 381 g/mol. The highest BCUT2D eigenvalue weighted by Crippen LogP contribution is 2.29. The van der Waals surface area contributed by atoms with Gasteiger partial charge in [-0.1, -0.05) is 24.6 Å². The van der Waals surface area contributed by atoms with Crippen LogP contribution in [-0.4, -0.2) is 13.7 Å². The Labute approximate surface area is 138 Å². The zero-order valence-corrected chi connectivity index (χ0v) is 15.0. The molecule has 1 aromatic carbocycles. The molecule has 1 atom stereocenters. The fourth-order valence-corrected chi connectivity index (χ4v) is 3.77. The van der Waals surface area contributed by atoms with Gasteiger partial charge >= 0.3 is 0 Å². The minimum absolute atomic E-state index is 0.343. The Morgan fingerprint density at radius 2 is 2.15 bits per heavy atom. The van der Waals surface area contributed by atoms with Gasteiger partial charge in [0.05, 0.1) is 9.99 Å². The van der Waals surface area contributed by atoms with Crippen LogP contribution in [0, 0.1) is 9.81 Å². The summed E-state index contributed by atoms with van der Waals surface area (Å²) in [6.45, 7) is 5.24. The van der Waals surface area contributed by atoms with E-state index in [0.29, 0.717) is 6.04 Å². The number of thiophene rings is 1. The minimum Gasteiger partial charge on any atom is -0.496 e. The topological polar surface area (TPSA) is 21.3 Å². The van der Waals surface area contributed by atoms with E-state index in [9.17, 15) is 0 Å². The molecule has 2 rings (SSSR count). The second-order valence-electron chi connectivity index (χ2n) is 4.81. The number of nitrogens with one attached hydrogen (secondary N) is 1. The molecule has 0 aliphatic heterocycles. The van der Waals surface area contributed by atoms with Gasteiger partial charge in [0.25, 0.3) is 0 Å². The molecular formula is C16H20INOS. The molecule has 108 valence electrons. The fraction of sp³-hybridized carbons (Fsp3) is 0.375. The van der Waals surface area contributed by atoms with E-state index in [0.717, 1.165) is 18.7 Å². The van der Waals surface area contributed by atoms with Gasteiger partial charge in [0.15, 0.2) is 0 Å². The van der Waals surface area contributed by atoms with E-state index in [2.05, 4.69) is 71.4 Å². The summed E-state index contributed by atoms with van der Waals surface area (Å²) in [6, 6.07) is 8.99. The second-order valence-corrected chi connectivity index (χ2v) is 7.62. The van der Waals surface area contributed by atoms with Crippen molar-refractivity contribution in [2.45, 2.75) is 26.3 Å². The number of methoxy groups -OCH3 is 1. The fourth-order valence-electron chi connectivity index (χ4n) is 2.35. The Hall–Kier alpha value is -0.590. The molecule has 1 unspecified atom stereocenters. The third kappa shape index (κ3) is 3.96. The number of rotatable bonds is 6. The molecule has 2 aromatic rings. The molecule has 0 bridgehead atoms. The van der Waals surface area contributed by atoms with Crippen LogP contribution in [0.25, 0.3) is 0 Å². The average molecular weight is 401 g/mol. The zero-order chi connectivity index (χ0) is 14.5. The van der Waals surface area contributed by atoms with Crippen molar-refractivity contribution in [1.29, 1.82) is 0 Å². The summed E-state index contributed by atoms with van der Waals surface area (Å²) in [5.41, 5.74) is 3.90. The maximum atomic E-state index is 5.49. The number of halogens is 1. The van der Waals surface area contributed by atoms with Gasteiger partial charge in [-0.25, -0.2) is 0 Å². The minimum atomic E-state index is 0.343. The molecule has 1 N–H and O–H groups in total. The molecule has 0 spiro atoms. The molecule has 2 nitrogen and oxygen atoms in total. The maximum Gasteiger partial charge on any atom is 0.122 e. The van der Waals surface area contributed by atoms with Crippen molar-refractivity contribution in [1.82, 2.24) is 5.32 Å². The molecule has 0 radical (unpaired) electrons. The van der Waals surface area contributed by atoms with Crippen molar-refractivity contribution in [2.24, 2.45) is 0 Å². The number of ether oxygens (including phenoxy) is 1. The second kappa shape index (κ2) is 7.43. The smallest absolute Gasteiger partial charge is 0.122 e. The summed E-state index contributed by atoms with van der Waals surface area (Å²) < 4.78 is 6.82. The monoisotopic (exact) mass is 401 g/mol. The largest absolute Gasteiger partial charge is 0.496 e. The third-order valence-electron chi connectivity index (χ3n) is 3.30. The van der Waals surface area contributed by atoms with Crippen LogP contribution in [0.2, 0.25) is 0 Å². The number of benzene rings is 1. The summed E-state index contributed by atoms with van der Waals surface area (Å²) >= 11 is 4.18. The SMILES string of the molecule is CCNC(Cc1cc(C)ccc1OC)c1csc(I)c1. The van der Waals surface area contributed by atoms with Crippen LogP contribution in [0.3, 0.4) is 0 Å². The molecule has 0 fully saturated rings. The Bertz CT molecular complexity index is 567. The average Bonchev–Trinajstić information content (AvgIpc) is 2.85. The molecule has 0 aliphatic carbocycles. The summed E-state index contributed by atoms with van der Waals surface area (Å²) in [5, 5.41) is 5.83. The molecule has 1 heterocycles. The van der Waals surface area contributed by atoms with Crippen molar-refractivity contribution in [3.05, 3.63) is 49.2 Å². The van der Waals surface area contributed by atoms with Gasteiger partial charge in [-0.15, -0.1) is 11.3 Å². The zero-order valence-electron chi connectivity index (χ0n) is 12.1. The molecule has 0 saturated heterocycles. The van der Waals surface area contributed by atoms with Crippen molar-refractivity contribution in [3.8, 4) is 5.75 Å². The lowest BCUT2D eigenvalue weighted by atomic mass is 9.99. The van der Waals surface area contributed by atoms with E-state index < -0.39 is 0 Å². The highest BCUT2D eigenvalue weighted by Gasteiger charge is 2.15. The van der Waals surface area contributed by atoms with Gasteiger partial charge in [-0.2, -0.15) is 0 Å². The van der Waals surface area contributed by atoms with Crippen LogP contribution in [0.1, 0.15) is 29.7 Å². The van der Waals surface area contributed by atoms with Gasteiger partial charge in [-0.3, -0.25) is 0 Å². The van der Waals surface area contributed by atoms with E-state index >= 15 is 0 Å². The van der Waals surface area contributed by atoms with Crippen molar-refractivity contribution in [3.63, 3.8) is 0 Å². The summed E-state index contributed by atoms with van der Waals surface area (Å²) in [4.78, 5) is 0. The van der Waals surface area contributed by atoms with Gasteiger partial charge in [-0.05, 0) is 71.1 Å². The molecule has 0 aliphatic rings. The molecule has 0 saturated carbocycles. The van der Waals surface area contributed by atoms with Gasteiger partial charge in [0, 0.05) is 6.04 Å². The van der Waals surface area contributed by atoms with Crippen LogP contribution in [-0.2, 0) is 6.42 Å². The predicted octanol–water partition coefficient (Wildman–Crippen LogP) is 4.56. The quantitative estimate of drug-likeness (QED) is 0.717. The first-order valence-electron chi connectivity index (χ1n) is 6.75. The third-order valence-corrected chi connectivity index (χ3v) is 5.11. The first kappa shape index (κ1) is 15.8. The summed E-state index contributed by atoms with van der Waals surface area (Å²) in [7, 11) is 1.74. The normalized spacial score (nSPS) is 12.4. The van der Waals surface area contributed by atoms with Crippen LogP contribution in [0.4, 0.5) is 0 Å². The van der Waals surface area contributed by atoms with E-state index in [1.807, 2.05) is 0 Å². The predicted molar refractivity (Wildman–Crippen MR) is 94.9 cm³/mol. The standard InChI is InChI=1S/C16H20INOS/c1-4-18-14(13-9-16(17)20-10-13)8-12-7-11(2)5-6-15(12)19-3/h5-7,9-10,14,18H,4,8H2,1-3H3. The highest BCUT2D eigenvalue weighted by atomic mass is 127. The number of likely N-dealkylation sites (N-methyl/N-ethyl adjacent to an activating group) is 1. The van der Waals surface area contributed by atoms with Gasteiger partial charge in [0.2, 0.25) is 0 Å². The molecule has 4 heteroatoms. The van der Waals surface area contributed by atoms with E-state index in [4.69, 9.17) is 4.74 Å². The first-order valence-corrected chi connectivity index (χ1v) is 8.70. The molecule has 1 aromatic heterocycles. The van der Waals surface area contributed by atoms with Gasteiger partial charge in [0.1, 0.15) is 5.75 Å². The Kier molecular flexibility index (Phi) is 5.86. The van der Waals surface area contributed by atoms with E-state index in [-0.39, 0.29) is 0 Å². The number of hydrogen-bond acceptors (Lipinski definition) is 3. The number of hydrogen-bond donors (Lipinski definition) is 1. The van der Waals surface area contributed by atoms with Crippen LogP contribution >= 0.6 is 33.9 Å². The van der Waals surface area contributed by atoms with Crippen LogP contribution < -0.4 is 10.1 Å². The lowest BCUT2D eigenvalue weighted by molar-refractivity contribution is 0.405. The van der Waals surface area contributed by atoms with E-state index in [1.165, 1.54) is 19.6 Å². The van der Waals surface area contributed by atoms with Crippen LogP contribution in [0.5, 0.6) is 5.75 Å². The van der Waals surface area contributed by atoms with Crippen molar-refractivity contribution < 1.29 is 4.74 Å². The Morgan fingerprint density at radius 1 is 1.35 bits per heavy atom. The highest BCUT2D eigenvalue weighted by molar-refractivity contribution is 14.1. The summed E-state index contributed by atoms with van der Waals surface area (Å²) in [6.07, 6.45) is 0.950. The number of aryl methyl sites for hydroxylation is 1. The van der Waals surface area contributed by atoms with Crippen LogP contribution in [0.15, 0.2) is 29.6 Å². The molecule has 20 heavy (non-hydrogen) atoms. The Balaban J connectivity index is 2.26. The maximum absolute atomic E-state index is 5.49. The first-order chi connectivity index (χ1) is 9.63. The lowest BCUT2D eigenvalue weighted by Crippen LogP contribution is -2.22. The van der Waals surface area contributed by atoms with Crippen molar-refractivity contribution >= 4 is 33.9 Å². The van der Waals surface area contributed by atoms with Gasteiger partial charge < -0.3 is 10.1 Å². The Morgan fingerprint density at radius 3 is 2.75 bits per heavy atom.